The summed E-state index contributed by atoms with van der Waals surface area (Å²) >= 11 is 0. The van der Waals surface area contributed by atoms with E-state index in [-0.39, 0.29) is 5.41 Å². The molecule has 1 aromatic carbocycles. The van der Waals surface area contributed by atoms with Gasteiger partial charge in [0.1, 0.15) is 0 Å². The average molecular weight is 250 g/mol. The molecule has 4 nitrogen and oxygen atoms in total. The summed E-state index contributed by atoms with van der Waals surface area (Å²) < 4.78 is 5.11. The molecule has 0 atom stereocenters. The lowest BCUT2D eigenvalue weighted by Crippen LogP contribution is -2.17. The van der Waals surface area contributed by atoms with Crippen molar-refractivity contribution in [3.8, 4) is 0 Å². The van der Waals surface area contributed by atoms with Gasteiger partial charge in [-0.25, -0.2) is 4.79 Å². The van der Waals surface area contributed by atoms with Gasteiger partial charge >= 0.3 is 6.09 Å². The van der Waals surface area contributed by atoms with E-state index in [1.165, 1.54) is 0 Å². The van der Waals surface area contributed by atoms with Crippen LogP contribution in [0, 0.1) is 5.41 Å². The first-order valence-electron chi connectivity index (χ1n) is 6.13. The first kappa shape index (κ1) is 14.5. The average Bonchev–Trinajstić information content (AvgIpc) is 2.27. The Labute approximate surface area is 109 Å². The van der Waals surface area contributed by atoms with Gasteiger partial charge in [-0.05, 0) is 29.5 Å². The molecule has 0 heterocycles. The maximum atomic E-state index is 11.5. The Bertz CT molecular complexity index is 397. The van der Waals surface area contributed by atoms with Crippen LogP contribution >= 0.6 is 0 Å². The zero-order valence-electron chi connectivity index (χ0n) is 11.3. The van der Waals surface area contributed by atoms with Crippen molar-refractivity contribution in [1.29, 1.82) is 0 Å². The third kappa shape index (κ3) is 5.68. The monoisotopic (exact) mass is 250 g/mol. The molecule has 0 bridgehead atoms. The maximum Gasteiger partial charge on any atom is 0.411 e. The van der Waals surface area contributed by atoms with E-state index in [1.54, 1.807) is 0 Å². The normalized spacial score (nSPS) is 11.1. The van der Waals surface area contributed by atoms with Crippen LogP contribution in [-0.2, 0) is 11.3 Å². The highest BCUT2D eigenvalue weighted by atomic mass is 16.5. The van der Waals surface area contributed by atoms with Crippen molar-refractivity contribution in [1.82, 2.24) is 0 Å². The second kappa shape index (κ2) is 6.40. The molecule has 0 aliphatic heterocycles. The van der Waals surface area contributed by atoms with E-state index in [0.717, 1.165) is 12.0 Å². The molecule has 1 aromatic rings. The summed E-state index contributed by atoms with van der Waals surface area (Å²) in [5.41, 5.74) is 7.38. The van der Waals surface area contributed by atoms with Gasteiger partial charge < -0.3 is 10.5 Å². The van der Waals surface area contributed by atoms with Gasteiger partial charge in [0.2, 0.25) is 0 Å². The molecule has 1 amide bonds. The number of nitrogens with one attached hydrogen (secondary N) is 1. The molecular formula is C14H22N2O2. The zero-order chi connectivity index (χ0) is 13.6. The minimum atomic E-state index is -0.423. The second-order valence-corrected chi connectivity index (χ2v) is 5.48. The first-order chi connectivity index (χ1) is 8.40. The van der Waals surface area contributed by atoms with Gasteiger partial charge in [-0.2, -0.15) is 0 Å². The van der Waals surface area contributed by atoms with E-state index in [2.05, 4.69) is 26.1 Å². The SMILES string of the molecule is CC(C)(C)CCOC(=O)Nc1cccc(CN)c1. The van der Waals surface area contributed by atoms with E-state index >= 15 is 0 Å². The van der Waals surface area contributed by atoms with Crippen molar-refractivity contribution in [3.05, 3.63) is 29.8 Å². The molecule has 0 aliphatic carbocycles. The third-order valence-corrected chi connectivity index (χ3v) is 2.49. The van der Waals surface area contributed by atoms with E-state index in [1.807, 2.05) is 24.3 Å². The van der Waals surface area contributed by atoms with E-state index in [0.29, 0.717) is 18.8 Å². The molecule has 0 spiro atoms. The third-order valence-electron chi connectivity index (χ3n) is 2.49. The molecule has 18 heavy (non-hydrogen) atoms. The van der Waals surface area contributed by atoms with Crippen molar-refractivity contribution >= 4 is 11.8 Å². The highest BCUT2D eigenvalue weighted by Crippen LogP contribution is 2.18. The largest absolute Gasteiger partial charge is 0.449 e. The molecule has 0 fully saturated rings. The van der Waals surface area contributed by atoms with Crippen LogP contribution in [0.3, 0.4) is 0 Å². The standard InChI is InChI=1S/C14H22N2O2/c1-14(2,3)7-8-18-13(17)16-12-6-4-5-11(9-12)10-15/h4-6,9H,7-8,10,15H2,1-3H3,(H,16,17). The summed E-state index contributed by atoms with van der Waals surface area (Å²) in [4.78, 5) is 11.5. The van der Waals surface area contributed by atoms with Gasteiger partial charge in [0, 0.05) is 12.2 Å². The molecule has 100 valence electrons. The zero-order valence-corrected chi connectivity index (χ0v) is 11.3. The minimum absolute atomic E-state index is 0.166. The van der Waals surface area contributed by atoms with Crippen LogP contribution in [0.2, 0.25) is 0 Å². The fourth-order valence-corrected chi connectivity index (χ4v) is 1.38. The molecule has 0 saturated heterocycles. The van der Waals surface area contributed by atoms with Crippen LogP contribution in [0.25, 0.3) is 0 Å². The molecular weight excluding hydrogens is 228 g/mol. The predicted octanol–water partition coefficient (Wildman–Crippen LogP) is 3.13. The Balaban J connectivity index is 2.40. The minimum Gasteiger partial charge on any atom is -0.449 e. The van der Waals surface area contributed by atoms with Gasteiger partial charge in [0.15, 0.2) is 0 Å². The summed E-state index contributed by atoms with van der Waals surface area (Å²) in [6, 6.07) is 7.41. The summed E-state index contributed by atoms with van der Waals surface area (Å²) in [6.07, 6.45) is 0.414. The molecule has 0 saturated carbocycles. The number of ether oxygens (including phenoxy) is 1. The fourth-order valence-electron chi connectivity index (χ4n) is 1.38. The molecule has 0 aromatic heterocycles. The Morgan fingerprint density at radius 2 is 2.11 bits per heavy atom. The van der Waals surface area contributed by atoms with E-state index in [9.17, 15) is 4.79 Å². The number of benzene rings is 1. The Morgan fingerprint density at radius 1 is 1.39 bits per heavy atom. The number of carbonyl (C=O) groups excluding carboxylic acids is 1. The number of hydrogen-bond acceptors (Lipinski definition) is 3. The number of carbonyl (C=O) groups is 1. The van der Waals surface area contributed by atoms with Crippen LogP contribution in [0.15, 0.2) is 24.3 Å². The van der Waals surface area contributed by atoms with Crippen molar-refractivity contribution < 1.29 is 9.53 Å². The number of rotatable bonds is 4. The van der Waals surface area contributed by atoms with Crippen molar-refractivity contribution in [2.24, 2.45) is 11.1 Å². The number of amides is 1. The maximum absolute atomic E-state index is 11.5. The number of anilines is 1. The second-order valence-electron chi connectivity index (χ2n) is 5.48. The molecule has 1 rings (SSSR count). The van der Waals surface area contributed by atoms with Crippen molar-refractivity contribution in [3.63, 3.8) is 0 Å². The molecule has 0 aliphatic rings. The molecule has 0 unspecified atom stereocenters. The summed E-state index contributed by atoms with van der Waals surface area (Å²) in [6.45, 7) is 7.21. The number of nitrogens with two attached hydrogens (primary N) is 1. The first-order valence-corrected chi connectivity index (χ1v) is 6.13. The highest BCUT2D eigenvalue weighted by Gasteiger charge is 2.11. The highest BCUT2D eigenvalue weighted by molar-refractivity contribution is 5.84. The summed E-state index contributed by atoms with van der Waals surface area (Å²) in [7, 11) is 0. The van der Waals surface area contributed by atoms with E-state index < -0.39 is 6.09 Å². The van der Waals surface area contributed by atoms with Gasteiger partial charge in [0.05, 0.1) is 6.61 Å². The predicted molar refractivity (Wildman–Crippen MR) is 73.4 cm³/mol. The van der Waals surface area contributed by atoms with Crippen molar-refractivity contribution in [2.75, 3.05) is 11.9 Å². The summed E-state index contributed by atoms with van der Waals surface area (Å²) in [5.74, 6) is 0. The smallest absolute Gasteiger partial charge is 0.411 e. The lowest BCUT2D eigenvalue weighted by molar-refractivity contribution is 0.145. The van der Waals surface area contributed by atoms with Gasteiger partial charge in [-0.3, -0.25) is 5.32 Å². The number of hydrogen-bond donors (Lipinski definition) is 2. The fraction of sp³-hybridized carbons (Fsp3) is 0.500. The quantitative estimate of drug-likeness (QED) is 0.862. The van der Waals surface area contributed by atoms with E-state index in [4.69, 9.17) is 10.5 Å². The Hall–Kier alpha value is -1.55. The van der Waals surface area contributed by atoms with Gasteiger partial charge in [-0.15, -0.1) is 0 Å². The van der Waals surface area contributed by atoms with Crippen LogP contribution in [0.1, 0.15) is 32.8 Å². The van der Waals surface area contributed by atoms with Gasteiger partial charge in [-0.1, -0.05) is 32.9 Å². The van der Waals surface area contributed by atoms with Crippen LogP contribution in [-0.4, -0.2) is 12.7 Å². The topological polar surface area (TPSA) is 64.3 Å². The lowest BCUT2D eigenvalue weighted by atomic mass is 9.93. The molecule has 0 radical (unpaired) electrons. The Kier molecular flexibility index (Phi) is 5.16. The van der Waals surface area contributed by atoms with Crippen LogP contribution < -0.4 is 11.1 Å². The van der Waals surface area contributed by atoms with Crippen molar-refractivity contribution in [2.45, 2.75) is 33.7 Å². The lowest BCUT2D eigenvalue weighted by Gasteiger charge is -2.17. The van der Waals surface area contributed by atoms with Crippen LogP contribution in [0.4, 0.5) is 10.5 Å². The Morgan fingerprint density at radius 3 is 2.72 bits per heavy atom. The molecule has 3 N–H and O–H groups in total. The summed E-state index contributed by atoms with van der Waals surface area (Å²) in [5, 5.41) is 2.69. The molecule has 4 heteroatoms. The van der Waals surface area contributed by atoms with Gasteiger partial charge in [0.25, 0.3) is 0 Å². The van der Waals surface area contributed by atoms with Crippen LogP contribution in [0.5, 0.6) is 0 Å².